The molecule has 3 nitrogen and oxygen atoms in total. The van der Waals surface area contributed by atoms with Gasteiger partial charge in [0, 0.05) is 16.7 Å². The van der Waals surface area contributed by atoms with E-state index in [4.69, 9.17) is 0 Å². The summed E-state index contributed by atoms with van der Waals surface area (Å²) in [7, 11) is 0. The molecule has 2 aliphatic rings. The van der Waals surface area contributed by atoms with Crippen molar-refractivity contribution in [3.05, 3.63) is 27.4 Å². The zero-order valence-corrected chi connectivity index (χ0v) is 11.0. The lowest BCUT2D eigenvalue weighted by Gasteiger charge is -2.34. The summed E-state index contributed by atoms with van der Waals surface area (Å²) in [5.74, 6) is -0.187. The van der Waals surface area contributed by atoms with Gasteiger partial charge >= 0.3 is 11.9 Å². The van der Waals surface area contributed by atoms with Gasteiger partial charge in [0.2, 0.25) is 0 Å². The Morgan fingerprint density at radius 1 is 1.32 bits per heavy atom. The Balaban J connectivity index is 2.37. The molecule has 1 fully saturated rings. The van der Waals surface area contributed by atoms with Crippen molar-refractivity contribution in [1.82, 2.24) is 9.97 Å². The summed E-state index contributed by atoms with van der Waals surface area (Å²) in [5, 5.41) is 0. The fourth-order valence-electron chi connectivity index (χ4n) is 3.93. The van der Waals surface area contributed by atoms with E-state index in [1.165, 1.54) is 0 Å². The van der Waals surface area contributed by atoms with Gasteiger partial charge in [0.1, 0.15) is 0 Å². The van der Waals surface area contributed by atoms with Crippen LogP contribution in [0.25, 0.3) is 0 Å². The Labute approximate surface area is 108 Å². The van der Waals surface area contributed by atoms with Crippen LogP contribution >= 0.6 is 0 Å². The van der Waals surface area contributed by atoms with E-state index in [9.17, 15) is 18.0 Å². The van der Waals surface area contributed by atoms with E-state index in [0.29, 0.717) is 12.1 Å². The predicted octanol–water partition coefficient (Wildman–Crippen LogP) is 2.96. The molecule has 1 aromatic rings. The molecule has 0 unspecified atom stereocenters. The van der Waals surface area contributed by atoms with Crippen molar-refractivity contribution < 1.29 is 13.2 Å². The topological polar surface area (TPSA) is 45.8 Å². The third-order valence-corrected chi connectivity index (χ3v) is 5.36. The molecule has 104 valence electrons. The van der Waals surface area contributed by atoms with Gasteiger partial charge in [-0.1, -0.05) is 20.8 Å². The number of nitrogens with one attached hydrogen (secondary N) is 1. The minimum absolute atomic E-state index is 0.187. The number of nitrogens with zero attached hydrogens (tertiary/aromatic N) is 1. The van der Waals surface area contributed by atoms with Crippen LogP contribution in [-0.2, 0) is 11.6 Å². The van der Waals surface area contributed by atoms with E-state index in [2.05, 4.69) is 9.97 Å². The molecular formula is C13H15F3N2O. The van der Waals surface area contributed by atoms with Crippen molar-refractivity contribution in [2.45, 2.75) is 51.1 Å². The van der Waals surface area contributed by atoms with E-state index >= 15 is 0 Å². The van der Waals surface area contributed by atoms with Crippen molar-refractivity contribution in [2.24, 2.45) is 5.41 Å². The number of alkyl halides is 3. The minimum atomic E-state index is -4.57. The second-order valence-corrected chi connectivity index (χ2v) is 6.32. The smallest absolute Gasteiger partial charge is 0.309 e. The molecule has 3 rings (SSSR count). The lowest BCUT2D eigenvalue weighted by molar-refractivity contribution is -0.142. The van der Waals surface area contributed by atoms with Gasteiger partial charge in [0.25, 0.3) is 0 Å². The molecule has 0 aromatic carbocycles. The molecule has 2 atom stereocenters. The molecule has 0 amide bonds. The Bertz CT molecular complexity index is 617. The number of H-pyrrole nitrogens is 1. The maximum Gasteiger partial charge on any atom is 0.433 e. The second-order valence-electron chi connectivity index (χ2n) is 6.32. The van der Waals surface area contributed by atoms with Gasteiger partial charge in [0.15, 0.2) is 5.69 Å². The Morgan fingerprint density at radius 2 is 1.95 bits per heavy atom. The second kappa shape index (κ2) is 3.22. The number of hydrogen-bond donors (Lipinski definition) is 1. The van der Waals surface area contributed by atoms with Gasteiger partial charge in [-0.25, -0.2) is 4.79 Å². The summed E-state index contributed by atoms with van der Waals surface area (Å²) < 4.78 is 39.3. The van der Waals surface area contributed by atoms with Crippen LogP contribution in [-0.4, -0.2) is 9.97 Å². The van der Waals surface area contributed by atoms with Crippen molar-refractivity contribution in [3.8, 4) is 0 Å². The standard InChI is InChI=1S/C13H15F3N2O/c1-11(2)6-4-5-12(11,3)8-7(6)9(13(14,15)16)18-10(19)17-8/h6H,4-5H2,1-3H3,(H,17,18,19)/t6-,12-/m1/s1. The Morgan fingerprint density at radius 3 is 2.53 bits per heavy atom. The molecule has 1 saturated carbocycles. The average Bonchev–Trinajstić information content (AvgIpc) is 2.58. The van der Waals surface area contributed by atoms with Crippen LogP contribution in [0.15, 0.2) is 4.79 Å². The molecular weight excluding hydrogens is 257 g/mol. The fourth-order valence-corrected chi connectivity index (χ4v) is 3.93. The lowest BCUT2D eigenvalue weighted by atomic mass is 9.70. The number of halogens is 3. The monoisotopic (exact) mass is 272 g/mol. The summed E-state index contributed by atoms with van der Waals surface area (Å²) in [4.78, 5) is 17.2. The highest BCUT2D eigenvalue weighted by atomic mass is 19.4. The first kappa shape index (κ1) is 12.7. The molecule has 0 spiro atoms. The van der Waals surface area contributed by atoms with E-state index in [1.807, 2.05) is 20.8 Å². The van der Waals surface area contributed by atoms with Crippen LogP contribution in [0.2, 0.25) is 0 Å². The molecule has 2 aliphatic carbocycles. The molecule has 2 bridgehead atoms. The molecule has 1 aromatic heterocycles. The maximum absolute atomic E-state index is 13.1. The third-order valence-electron chi connectivity index (χ3n) is 5.36. The van der Waals surface area contributed by atoms with Crippen molar-refractivity contribution >= 4 is 0 Å². The van der Waals surface area contributed by atoms with Crippen LogP contribution in [0.1, 0.15) is 56.5 Å². The first-order chi connectivity index (χ1) is 8.59. The summed E-state index contributed by atoms with van der Waals surface area (Å²) in [6.07, 6.45) is -3.06. The lowest BCUT2D eigenvalue weighted by Crippen LogP contribution is -2.33. The van der Waals surface area contributed by atoms with Gasteiger partial charge in [-0.2, -0.15) is 18.2 Å². The van der Waals surface area contributed by atoms with Gasteiger partial charge in [0.05, 0.1) is 0 Å². The van der Waals surface area contributed by atoms with Crippen LogP contribution < -0.4 is 5.69 Å². The van der Waals surface area contributed by atoms with E-state index in [-0.39, 0.29) is 16.9 Å². The van der Waals surface area contributed by atoms with Crippen LogP contribution in [0.5, 0.6) is 0 Å². The normalized spacial score (nSPS) is 31.6. The van der Waals surface area contributed by atoms with Gasteiger partial charge in [-0.05, 0) is 24.2 Å². The molecule has 0 radical (unpaired) electrons. The number of aromatic nitrogens is 2. The molecule has 19 heavy (non-hydrogen) atoms. The van der Waals surface area contributed by atoms with E-state index in [0.717, 1.165) is 6.42 Å². The van der Waals surface area contributed by atoms with Crippen LogP contribution in [0.3, 0.4) is 0 Å². The maximum atomic E-state index is 13.1. The van der Waals surface area contributed by atoms with E-state index < -0.39 is 23.0 Å². The average molecular weight is 272 g/mol. The Hall–Kier alpha value is -1.33. The highest BCUT2D eigenvalue weighted by Gasteiger charge is 2.62. The van der Waals surface area contributed by atoms with Crippen molar-refractivity contribution in [1.29, 1.82) is 0 Å². The molecule has 0 aliphatic heterocycles. The number of fused-ring (bicyclic) bond motifs is 5. The quantitative estimate of drug-likeness (QED) is 0.789. The number of rotatable bonds is 0. The van der Waals surface area contributed by atoms with E-state index in [1.54, 1.807) is 0 Å². The van der Waals surface area contributed by atoms with Gasteiger partial charge in [-0.3, -0.25) is 0 Å². The first-order valence-electron chi connectivity index (χ1n) is 6.31. The summed E-state index contributed by atoms with van der Waals surface area (Å²) >= 11 is 0. The minimum Gasteiger partial charge on any atom is -0.309 e. The summed E-state index contributed by atoms with van der Waals surface area (Å²) in [5.41, 5.74) is -1.94. The first-order valence-corrected chi connectivity index (χ1v) is 6.31. The van der Waals surface area contributed by atoms with Crippen molar-refractivity contribution in [2.75, 3.05) is 0 Å². The molecule has 1 N–H and O–H groups in total. The summed E-state index contributed by atoms with van der Waals surface area (Å²) in [6.45, 7) is 5.89. The predicted molar refractivity (Wildman–Crippen MR) is 63.0 cm³/mol. The summed E-state index contributed by atoms with van der Waals surface area (Å²) in [6, 6.07) is 0. The molecule has 1 heterocycles. The number of aromatic amines is 1. The molecule has 6 heteroatoms. The fraction of sp³-hybridized carbons (Fsp3) is 0.692. The van der Waals surface area contributed by atoms with Gasteiger partial charge < -0.3 is 4.98 Å². The van der Waals surface area contributed by atoms with Crippen LogP contribution in [0, 0.1) is 5.41 Å². The highest BCUT2D eigenvalue weighted by molar-refractivity contribution is 5.47. The zero-order valence-electron chi connectivity index (χ0n) is 11.0. The third kappa shape index (κ3) is 1.34. The van der Waals surface area contributed by atoms with Crippen molar-refractivity contribution in [3.63, 3.8) is 0 Å². The highest BCUT2D eigenvalue weighted by Crippen LogP contribution is 2.67. The zero-order chi connectivity index (χ0) is 14.2. The largest absolute Gasteiger partial charge is 0.433 e. The van der Waals surface area contributed by atoms with Gasteiger partial charge in [-0.15, -0.1) is 0 Å². The Kier molecular flexibility index (Phi) is 2.15. The SMILES string of the molecule is CC1(C)[C@@H]2CC[C@]1(C)c1[nH]c(=O)nc(C(F)(F)F)c12. The van der Waals surface area contributed by atoms with Crippen LogP contribution in [0.4, 0.5) is 13.2 Å². The molecule has 0 saturated heterocycles. The number of hydrogen-bond acceptors (Lipinski definition) is 2.